The second kappa shape index (κ2) is 4.24. The molecule has 0 radical (unpaired) electrons. The van der Waals surface area contributed by atoms with E-state index in [2.05, 4.69) is 20.9 Å². The molecule has 15 heavy (non-hydrogen) atoms. The van der Waals surface area contributed by atoms with E-state index in [0.29, 0.717) is 17.1 Å². The van der Waals surface area contributed by atoms with Gasteiger partial charge in [0.05, 0.1) is 17.1 Å². The van der Waals surface area contributed by atoms with Crippen LogP contribution in [-0.4, -0.2) is 10.1 Å². The number of alkyl halides is 1. The van der Waals surface area contributed by atoms with Gasteiger partial charge in [-0.2, -0.15) is 0 Å². The van der Waals surface area contributed by atoms with E-state index in [9.17, 15) is 5.11 Å². The summed E-state index contributed by atoms with van der Waals surface area (Å²) in [7, 11) is 0. The van der Waals surface area contributed by atoms with Crippen molar-refractivity contribution in [3.63, 3.8) is 0 Å². The highest BCUT2D eigenvalue weighted by Gasteiger charge is 2.11. The number of rotatable bonds is 2. The summed E-state index contributed by atoms with van der Waals surface area (Å²) in [5, 5.41) is 9.62. The zero-order chi connectivity index (χ0) is 10.8. The van der Waals surface area contributed by atoms with Gasteiger partial charge in [0.15, 0.2) is 0 Å². The van der Waals surface area contributed by atoms with Crippen LogP contribution in [0.1, 0.15) is 5.69 Å². The van der Waals surface area contributed by atoms with E-state index in [-0.39, 0.29) is 11.6 Å². The molecule has 0 saturated heterocycles. The Balaban J connectivity index is 2.48. The Labute approximate surface area is 99.8 Å². The Morgan fingerprint density at radius 1 is 1.47 bits per heavy atom. The average Bonchev–Trinajstić information content (AvgIpc) is 2.70. The molecule has 1 aromatic carbocycles. The average molecular weight is 289 g/mol. The largest absolute Gasteiger partial charge is 0.507 e. The lowest BCUT2D eigenvalue weighted by Gasteiger charge is -1.99. The first-order chi connectivity index (χ1) is 7.20. The maximum atomic E-state index is 9.62. The summed E-state index contributed by atoms with van der Waals surface area (Å²) in [4.78, 5) is 4.12. The Kier molecular flexibility index (Phi) is 2.98. The first-order valence-electron chi connectivity index (χ1n) is 4.20. The number of aromatic nitrogens is 1. The van der Waals surface area contributed by atoms with Crippen LogP contribution in [0.25, 0.3) is 11.5 Å². The van der Waals surface area contributed by atoms with Crippen LogP contribution in [0.3, 0.4) is 0 Å². The molecular formula is C10H7BrClNO2. The van der Waals surface area contributed by atoms with E-state index in [1.165, 1.54) is 6.26 Å². The molecule has 2 aromatic rings. The molecule has 2 rings (SSSR count). The molecule has 0 aliphatic rings. The molecule has 0 fully saturated rings. The van der Waals surface area contributed by atoms with Crippen LogP contribution < -0.4 is 0 Å². The van der Waals surface area contributed by atoms with Gasteiger partial charge in [-0.05, 0) is 18.2 Å². The van der Waals surface area contributed by atoms with Crippen molar-refractivity contribution in [1.82, 2.24) is 4.98 Å². The number of hydrogen-bond acceptors (Lipinski definition) is 3. The van der Waals surface area contributed by atoms with Gasteiger partial charge in [0, 0.05) is 4.47 Å². The number of benzene rings is 1. The summed E-state index contributed by atoms with van der Waals surface area (Å²) >= 11 is 8.92. The molecule has 0 amide bonds. The van der Waals surface area contributed by atoms with Crippen LogP contribution >= 0.6 is 27.5 Å². The SMILES string of the molecule is Oc1ccc(Br)cc1-c1nc(CCl)co1. The quantitative estimate of drug-likeness (QED) is 0.860. The van der Waals surface area contributed by atoms with E-state index in [0.717, 1.165) is 4.47 Å². The van der Waals surface area contributed by atoms with Crippen LogP contribution in [0, 0.1) is 0 Å². The summed E-state index contributed by atoms with van der Waals surface area (Å²) in [6.07, 6.45) is 1.47. The lowest BCUT2D eigenvalue weighted by molar-refractivity contribution is 0.472. The van der Waals surface area contributed by atoms with Crippen LogP contribution in [0.4, 0.5) is 0 Å². The Morgan fingerprint density at radius 3 is 2.93 bits per heavy atom. The fourth-order valence-corrected chi connectivity index (χ4v) is 1.66. The fourth-order valence-electron chi connectivity index (χ4n) is 1.17. The highest BCUT2D eigenvalue weighted by Crippen LogP contribution is 2.31. The van der Waals surface area contributed by atoms with Crippen molar-refractivity contribution in [2.24, 2.45) is 0 Å². The maximum Gasteiger partial charge on any atom is 0.229 e. The van der Waals surface area contributed by atoms with Gasteiger partial charge in [-0.25, -0.2) is 4.98 Å². The minimum atomic E-state index is 0.126. The van der Waals surface area contributed by atoms with Gasteiger partial charge in [0.25, 0.3) is 0 Å². The van der Waals surface area contributed by atoms with Crippen LogP contribution in [0.5, 0.6) is 5.75 Å². The van der Waals surface area contributed by atoms with E-state index in [1.807, 2.05) is 0 Å². The van der Waals surface area contributed by atoms with Crippen molar-refractivity contribution in [2.45, 2.75) is 5.88 Å². The first-order valence-corrected chi connectivity index (χ1v) is 5.52. The summed E-state index contributed by atoms with van der Waals surface area (Å²) in [5.41, 5.74) is 1.19. The normalized spacial score (nSPS) is 10.5. The Hall–Kier alpha value is -1.00. The molecule has 0 atom stereocenters. The molecule has 1 heterocycles. The summed E-state index contributed by atoms with van der Waals surface area (Å²) in [6.45, 7) is 0. The van der Waals surface area contributed by atoms with Crippen LogP contribution in [-0.2, 0) is 5.88 Å². The van der Waals surface area contributed by atoms with Crippen LogP contribution in [0.2, 0.25) is 0 Å². The summed E-state index contributed by atoms with van der Waals surface area (Å²) in [6, 6.07) is 5.05. The Morgan fingerprint density at radius 2 is 2.27 bits per heavy atom. The van der Waals surface area contributed by atoms with Crippen molar-refractivity contribution in [3.8, 4) is 17.2 Å². The highest BCUT2D eigenvalue weighted by molar-refractivity contribution is 9.10. The fraction of sp³-hybridized carbons (Fsp3) is 0.100. The van der Waals surface area contributed by atoms with Gasteiger partial charge in [-0.15, -0.1) is 11.6 Å². The van der Waals surface area contributed by atoms with Crippen molar-refractivity contribution in [1.29, 1.82) is 0 Å². The minimum absolute atomic E-state index is 0.126. The van der Waals surface area contributed by atoms with E-state index < -0.39 is 0 Å². The smallest absolute Gasteiger partial charge is 0.229 e. The number of hydrogen-bond donors (Lipinski definition) is 1. The second-order valence-electron chi connectivity index (χ2n) is 2.94. The van der Waals surface area contributed by atoms with E-state index in [1.54, 1.807) is 18.2 Å². The van der Waals surface area contributed by atoms with E-state index >= 15 is 0 Å². The highest BCUT2D eigenvalue weighted by atomic mass is 79.9. The zero-order valence-electron chi connectivity index (χ0n) is 7.58. The van der Waals surface area contributed by atoms with Crippen molar-refractivity contribution >= 4 is 27.5 Å². The van der Waals surface area contributed by atoms with Gasteiger partial charge in [-0.3, -0.25) is 0 Å². The molecule has 0 aliphatic carbocycles. The predicted octanol–water partition coefficient (Wildman–Crippen LogP) is 3.55. The number of aromatic hydroxyl groups is 1. The lowest BCUT2D eigenvalue weighted by atomic mass is 10.2. The number of phenolic OH excluding ortho intramolecular Hbond substituents is 1. The summed E-state index contributed by atoms with van der Waals surface area (Å²) in [5.74, 6) is 0.781. The predicted molar refractivity (Wildman–Crippen MR) is 60.9 cm³/mol. The number of oxazole rings is 1. The van der Waals surface area contributed by atoms with E-state index in [4.69, 9.17) is 16.0 Å². The molecule has 0 unspecified atom stereocenters. The zero-order valence-corrected chi connectivity index (χ0v) is 9.92. The molecule has 1 N–H and O–H groups in total. The molecule has 0 aliphatic heterocycles. The third kappa shape index (κ3) is 2.16. The maximum absolute atomic E-state index is 9.62. The number of halogens is 2. The monoisotopic (exact) mass is 287 g/mol. The topological polar surface area (TPSA) is 46.3 Å². The second-order valence-corrected chi connectivity index (χ2v) is 4.12. The molecule has 3 nitrogen and oxygen atoms in total. The van der Waals surface area contributed by atoms with Gasteiger partial charge >= 0.3 is 0 Å². The van der Waals surface area contributed by atoms with Gasteiger partial charge in [0.1, 0.15) is 12.0 Å². The Bertz CT molecular complexity index is 484. The molecule has 5 heteroatoms. The molecule has 0 spiro atoms. The third-order valence-corrected chi connectivity index (χ3v) is 2.64. The van der Waals surface area contributed by atoms with Gasteiger partial charge in [-0.1, -0.05) is 15.9 Å². The molecular weight excluding hydrogens is 281 g/mol. The molecule has 1 aromatic heterocycles. The molecule has 0 saturated carbocycles. The van der Waals surface area contributed by atoms with Gasteiger partial charge in [0.2, 0.25) is 5.89 Å². The molecule has 78 valence electrons. The number of phenols is 1. The van der Waals surface area contributed by atoms with Crippen LogP contribution in [0.15, 0.2) is 33.4 Å². The lowest BCUT2D eigenvalue weighted by Crippen LogP contribution is -1.81. The molecule has 0 bridgehead atoms. The van der Waals surface area contributed by atoms with Crippen molar-refractivity contribution in [2.75, 3.05) is 0 Å². The third-order valence-electron chi connectivity index (χ3n) is 1.88. The standard InChI is InChI=1S/C10H7BrClNO2/c11-6-1-2-9(14)8(3-6)10-13-7(4-12)5-15-10/h1-3,5,14H,4H2. The van der Waals surface area contributed by atoms with Crippen molar-refractivity contribution in [3.05, 3.63) is 34.6 Å². The number of nitrogens with zero attached hydrogens (tertiary/aromatic N) is 1. The summed E-state index contributed by atoms with van der Waals surface area (Å²) < 4.78 is 6.05. The van der Waals surface area contributed by atoms with Crippen molar-refractivity contribution < 1.29 is 9.52 Å². The minimum Gasteiger partial charge on any atom is -0.507 e. The van der Waals surface area contributed by atoms with Gasteiger partial charge < -0.3 is 9.52 Å². The first kappa shape index (κ1) is 10.5.